The summed E-state index contributed by atoms with van der Waals surface area (Å²) in [7, 11) is 0. The van der Waals surface area contributed by atoms with E-state index >= 15 is 0 Å². The van der Waals surface area contributed by atoms with Gasteiger partial charge >= 0.3 is 0 Å². The molecule has 0 bridgehead atoms. The van der Waals surface area contributed by atoms with E-state index in [2.05, 4.69) is 57.7 Å². The molecular weight excluding hydrogens is 368 g/mol. The second-order valence-electron chi connectivity index (χ2n) is 9.12. The molecule has 5 heteroatoms. The molecule has 0 N–H and O–H groups in total. The summed E-state index contributed by atoms with van der Waals surface area (Å²) in [6.07, 6.45) is 2.44. The molecular formula is C23H29ClN4. The molecule has 1 aliphatic rings. The van der Waals surface area contributed by atoms with E-state index in [0.29, 0.717) is 0 Å². The van der Waals surface area contributed by atoms with Crippen molar-refractivity contribution in [2.75, 3.05) is 18.0 Å². The summed E-state index contributed by atoms with van der Waals surface area (Å²) in [5.74, 6) is 1.95. The molecule has 0 amide bonds. The van der Waals surface area contributed by atoms with Gasteiger partial charge in [0.05, 0.1) is 11.4 Å². The van der Waals surface area contributed by atoms with Gasteiger partial charge in [-0.25, -0.2) is 4.98 Å². The number of hydrogen-bond acceptors (Lipinski definition) is 3. The standard InChI is InChI=1S/C23H29ClN4/c1-15-10-12-27(13-11-15)20-14-19(23(3,4)5)25-22-21(16(2)26-28(20)22)17-6-8-18(24)9-7-17/h6-9,14-15H,10-13H2,1-5H3. The molecule has 0 unspecified atom stereocenters. The summed E-state index contributed by atoms with van der Waals surface area (Å²) >= 11 is 6.11. The van der Waals surface area contributed by atoms with Crippen LogP contribution < -0.4 is 4.90 Å². The van der Waals surface area contributed by atoms with Crippen molar-refractivity contribution >= 4 is 23.1 Å². The van der Waals surface area contributed by atoms with Crippen molar-refractivity contribution in [1.82, 2.24) is 14.6 Å². The first-order chi connectivity index (χ1) is 13.2. The normalized spacial score (nSPS) is 16.1. The Labute approximate surface area is 172 Å². The molecule has 0 spiro atoms. The van der Waals surface area contributed by atoms with Gasteiger partial charge in [-0.3, -0.25) is 0 Å². The molecule has 0 atom stereocenters. The first-order valence-electron chi connectivity index (χ1n) is 10.2. The van der Waals surface area contributed by atoms with E-state index in [1.165, 1.54) is 12.8 Å². The predicted octanol–water partition coefficient (Wildman–Crippen LogP) is 5.89. The average molecular weight is 397 g/mol. The molecule has 4 nitrogen and oxygen atoms in total. The lowest BCUT2D eigenvalue weighted by atomic mass is 9.91. The Bertz CT molecular complexity index is 990. The van der Waals surface area contributed by atoms with E-state index in [1.807, 2.05) is 16.6 Å². The number of piperidine rings is 1. The van der Waals surface area contributed by atoms with Crippen LogP contribution >= 0.6 is 11.6 Å². The summed E-state index contributed by atoms with van der Waals surface area (Å²) in [4.78, 5) is 7.55. The first kappa shape index (κ1) is 19.3. The van der Waals surface area contributed by atoms with E-state index in [-0.39, 0.29) is 5.41 Å². The fraction of sp³-hybridized carbons (Fsp3) is 0.478. The van der Waals surface area contributed by atoms with E-state index < -0.39 is 0 Å². The highest BCUT2D eigenvalue weighted by Gasteiger charge is 2.25. The smallest absolute Gasteiger partial charge is 0.165 e. The van der Waals surface area contributed by atoms with Gasteiger partial charge in [0.2, 0.25) is 0 Å². The highest BCUT2D eigenvalue weighted by Crippen LogP contribution is 2.34. The fourth-order valence-corrected chi connectivity index (χ4v) is 4.04. The van der Waals surface area contributed by atoms with E-state index in [0.717, 1.165) is 58.0 Å². The van der Waals surface area contributed by atoms with Crippen molar-refractivity contribution < 1.29 is 0 Å². The molecule has 148 valence electrons. The van der Waals surface area contributed by atoms with Gasteiger partial charge in [0.15, 0.2) is 5.65 Å². The molecule has 28 heavy (non-hydrogen) atoms. The fourth-order valence-electron chi connectivity index (χ4n) is 3.91. The molecule has 1 aromatic carbocycles. The third-order valence-electron chi connectivity index (χ3n) is 5.75. The molecule has 0 aliphatic carbocycles. The molecule has 4 rings (SSSR count). The van der Waals surface area contributed by atoms with Gasteiger partial charge in [-0.1, -0.05) is 51.4 Å². The highest BCUT2D eigenvalue weighted by atomic mass is 35.5. The van der Waals surface area contributed by atoms with Crippen LogP contribution in [0.2, 0.25) is 5.02 Å². The van der Waals surface area contributed by atoms with Crippen LogP contribution in [0.1, 0.15) is 51.9 Å². The predicted molar refractivity (Wildman–Crippen MR) is 117 cm³/mol. The zero-order valence-corrected chi connectivity index (χ0v) is 18.2. The van der Waals surface area contributed by atoms with Gasteiger partial charge in [-0.05, 0) is 43.4 Å². The maximum atomic E-state index is 6.11. The van der Waals surface area contributed by atoms with Gasteiger partial charge in [-0.2, -0.15) is 9.61 Å². The van der Waals surface area contributed by atoms with Crippen molar-refractivity contribution in [1.29, 1.82) is 0 Å². The molecule has 1 aliphatic heterocycles. The minimum atomic E-state index is -0.0327. The lowest BCUT2D eigenvalue weighted by molar-refractivity contribution is 0.434. The number of fused-ring (bicyclic) bond motifs is 1. The molecule has 3 heterocycles. The van der Waals surface area contributed by atoms with Crippen LogP contribution in [0.3, 0.4) is 0 Å². The second-order valence-corrected chi connectivity index (χ2v) is 9.56. The second kappa shape index (κ2) is 7.07. The quantitative estimate of drug-likeness (QED) is 0.541. The Morgan fingerprint density at radius 3 is 2.32 bits per heavy atom. The van der Waals surface area contributed by atoms with Crippen LogP contribution in [0.25, 0.3) is 16.8 Å². The van der Waals surface area contributed by atoms with Crippen molar-refractivity contribution in [2.45, 2.75) is 52.9 Å². The summed E-state index contributed by atoms with van der Waals surface area (Å²) in [5.41, 5.74) is 5.19. The van der Waals surface area contributed by atoms with E-state index in [1.54, 1.807) is 0 Å². The van der Waals surface area contributed by atoms with Crippen LogP contribution in [-0.4, -0.2) is 27.7 Å². The Balaban J connectivity index is 1.94. The third kappa shape index (κ3) is 3.50. The van der Waals surface area contributed by atoms with Gasteiger partial charge in [0.25, 0.3) is 0 Å². The van der Waals surface area contributed by atoms with Crippen LogP contribution in [0, 0.1) is 12.8 Å². The summed E-state index contributed by atoms with van der Waals surface area (Å²) in [6.45, 7) is 13.2. The Hall–Kier alpha value is -2.07. The Morgan fingerprint density at radius 2 is 1.71 bits per heavy atom. The molecule has 3 aromatic rings. The molecule has 2 aromatic heterocycles. The summed E-state index contributed by atoms with van der Waals surface area (Å²) in [6, 6.07) is 10.2. The molecule has 0 radical (unpaired) electrons. The van der Waals surface area contributed by atoms with E-state index in [9.17, 15) is 0 Å². The SMILES string of the molecule is Cc1nn2c(N3CCC(C)CC3)cc(C(C)(C)C)nc2c1-c1ccc(Cl)cc1. The number of anilines is 1. The van der Waals surface area contributed by atoms with Crippen molar-refractivity contribution in [3.05, 3.63) is 46.7 Å². The van der Waals surface area contributed by atoms with Crippen molar-refractivity contribution in [3.8, 4) is 11.1 Å². The van der Waals surface area contributed by atoms with Crippen LogP contribution in [0.15, 0.2) is 30.3 Å². The van der Waals surface area contributed by atoms with Gasteiger partial charge < -0.3 is 4.90 Å². The third-order valence-corrected chi connectivity index (χ3v) is 6.01. The number of rotatable bonds is 2. The maximum absolute atomic E-state index is 6.11. The average Bonchev–Trinajstić information content (AvgIpc) is 2.97. The molecule has 0 saturated carbocycles. The van der Waals surface area contributed by atoms with Gasteiger partial charge in [-0.15, -0.1) is 0 Å². The number of nitrogens with zero attached hydrogens (tertiary/aromatic N) is 4. The maximum Gasteiger partial charge on any atom is 0.165 e. The lowest BCUT2D eigenvalue weighted by Crippen LogP contribution is -2.34. The Morgan fingerprint density at radius 1 is 1.07 bits per heavy atom. The van der Waals surface area contributed by atoms with Gasteiger partial charge in [0.1, 0.15) is 5.82 Å². The van der Waals surface area contributed by atoms with Crippen molar-refractivity contribution in [3.63, 3.8) is 0 Å². The first-order valence-corrected chi connectivity index (χ1v) is 10.5. The minimum absolute atomic E-state index is 0.0327. The summed E-state index contributed by atoms with van der Waals surface area (Å²) in [5, 5.41) is 5.65. The van der Waals surface area contributed by atoms with Crippen LogP contribution in [0.4, 0.5) is 5.82 Å². The zero-order valence-electron chi connectivity index (χ0n) is 17.5. The van der Waals surface area contributed by atoms with Gasteiger partial charge in [0, 0.05) is 35.2 Å². The minimum Gasteiger partial charge on any atom is -0.356 e. The van der Waals surface area contributed by atoms with Crippen LogP contribution in [0.5, 0.6) is 0 Å². The number of benzene rings is 1. The number of aryl methyl sites for hydroxylation is 1. The number of halogens is 1. The summed E-state index contributed by atoms with van der Waals surface area (Å²) < 4.78 is 2.05. The van der Waals surface area contributed by atoms with Crippen molar-refractivity contribution in [2.24, 2.45) is 5.92 Å². The highest BCUT2D eigenvalue weighted by molar-refractivity contribution is 6.30. The Kier molecular flexibility index (Phi) is 4.86. The molecule has 1 fully saturated rings. The van der Waals surface area contributed by atoms with E-state index in [4.69, 9.17) is 21.7 Å². The van der Waals surface area contributed by atoms with Crippen LogP contribution in [-0.2, 0) is 5.41 Å². The monoisotopic (exact) mass is 396 g/mol. The topological polar surface area (TPSA) is 33.4 Å². The zero-order chi connectivity index (χ0) is 20.1. The number of aromatic nitrogens is 3. The largest absolute Gasteiger partial charge is 0.356 e. The number of hydrogen-bond donors (Lipinski definition) is 0. The lowest BCUT2D eigenvalue weighted by Gasteiger charge is -2.33. The molecule has 1 saturated heterocycles.